The predicted molar refractivity (Wildman–Crippen MR) is 82.0 cm³/mol. The molecule has 4 heteroatoms. The van der Waals surface area contributed by atoms with Gasteiger partial charge in [0.15, 0.2) is 0 Å². The Kier molecular flexibility index (Phi) is 8.01. The van der Waals surface area contributed by atoms with Crippen molar-refractivity contribution >= 4 is 5.97 Å². The van der Waals surface area contributed by atoms with Crippen molar-refractivity contribution in [2.75, 3.05) is 26.9 Å². The summed E-state index contributed by atoms with van der Waals surface area (Å²) in [7, 11) is 1.68. The van der Waals surface area contributed by atoms with Crippen LogP contribution in [0.15, 0.2) is 30.3 Å². The number of hydrogen-bond acceptors (Lipinski definition) is 4. The Balaban J connectivity index is 2.27. The number of esters is 1. The first-order valence-electron chi connectivity index (χ1n) is 7.36. The van der Waals surface area contributed by atoms with Crippen LogP contribution in [0.5, 0.6) is 0 Å². The second kappa shape index (κ2) is 9.53. The number of carbonyl (C=O) groups excluding carboxylic acids is 1. The molecule has 4 nitrogen and oxygen atoms in total. The quantitative estimate of drug-likeness (QED) is 0.656. The lowest BCUT2D eigenvalue weighted by atomic mass is 10.1. The van der Waals surface area contributed by atoms with E-state index in [1.54, 1.807) is 7.11 Å². The van der Waals surface area contributed by atoms with Gasteiger partial charge >= 0.3 is 5.97 Å². The van der Waals surface area contributed by atoms with E-state index in [1.807, 2.05) is 51.1 Å². The zero-order valence-corrected chi connectivity index (χ0v) is 13.4. The second-order valence-corrected chi connectivity index (χ2v) is 5.56. The summed E-state index contributed by atoms with van der Waals surface area (Å²) >= 11 is 0. The van der Waals surface area contributed by atoms with Gasteiger partial charge in [0.05, 0.1) is 25.7 Å². The summed E-state index contributed by atoms with van der Waals surface area (Å²) in [5, 5.41) is 0. The molecule has 0 aromatic heterocycles. The van der Waals surface area contributed by atoms with E-state index in [0.717, 1.165) is 5.56 Å². The van der Waals surface area contributed by atoms with Crippen molar-refractivity contribution in [3.8, 4) is 0 Å². The molecule has 1 unspecified atom stereocenters. The summed E-state index contributed by atoms with van der Waals surface area (Å²) < 4.78 is 16.3. The predicted octanol–water partition coefficient (Wildman–Crippen LogP) is 3.23. The molecule has 0 aliphatic heterocycles. The summed E-state index contributed by atoms with van der Waals surface area (Å²) in [4.78, 5) is 11.4. The average molecular weight is 294 g/mol. The van der Waals surface area contributed by atoms with Gasteiger partial charge in [-0.15, -0.1) is 0 Å². The van der Waals surface area contributed by atoms with E-state index in [-0.39, 0.29) is 23.9 Å². The molecule has 2 atom stereocenters. The highest BCUT2D eigenvalue weighted by Gasteiger charge is 2.13. The van der Waals surface area contributed by atoms with Crippen molar-refractivity contribution in [2.45, 2.75) is 26.9 Å². The fourth-order valence-corrected chi connectivity index (χ4v) is 1.78. The van der Waals surface area contributed by atoms with Gasteiger partial charge in [-0.3, -0.25) is 4.79 Å². The maximum atomic E-state index is 11.4. The number of benzene rings is 1. The van der Waals surface area contributed by atoms with Crippen molar-refractivity contribution in [3.63, 3.8) is 0 Å². The highest BCUT2D eigenvalue weighted by atomic mass is 16.5. The molecule has 0 amide bonds. The highest BCUT2D eigenvalue weighted by molar-refractivity contribution is 5.71. The van der Waals surface area contributed by atoms with Crippen LogP contribution >= 0.6 is 0 Å². The monoisotopic (exact) mass is 294 g/mol. The summed E-state index contributed by atoms with van der Waals surface area (Å²) in [6.07, 6.45) is -0.0726. The lowest BCUT2D eigenvalue weighted by molar-refractivity contribution is -0.149. The van der Waals surface area contributed by atoms with Crippen LogP contribution in [0, 0.1) is 11.8 Å². The first-order valence-corrected chi connectivity index (χ1v) is 7.36. The van der Waals surface area contributed by atoms with Crippen LogP contribution in [-0.2, 0) is 19.0 Å². The zero-order chi connectivity index (χ0) is 15.7. The van der Waals surface area contributed by atoms with Gasteiger partial charge < -0.3 is 14.2 Å². The van der Waals surface area contributed by atoms with Crippen molar-refractivity contribution < 1.29 is 19.0 Å². The Morgan fingerprint density at radius 3 is 2.29 bits per heavy atom. The number of ether oxygens (including phenoxy) is 3. The van der Waals surface area contributed by atoms with Gasteiger partial charge in [-0.25, -0.2) is 0 Å². The van der Waals surface area contributed by atoms with E-state index in [4.69, 9.17) is 14.2 Å². The molecular formula is C17H26O4. The van der Waals surface area contributed by atoms with Crippen molar-refractivity contribution in [1.29, 1.82) is 0 Å². The molecule has 118 valence electrons. The van der Waals surface area contributed by atoms with Gasteiger partial charge in [0.25, 0.3) is 0 Å². The topological polar surface area (TPSA) is 44.8 Å². The van der Waals surface area contributed by atoms with Crippen LogP contribution in [0.2, 0.25) is 0 Å². The minimum absolute atomic E-state index is 0.0726. The second-order valence-electron chi connectivity index (χ2n) is 5.56. The van der Waals surface area contributed by atoms with Crippen LogP contribution in [0.3, 0.4) is 0 Å². The van der Waals surface area contributed by atoms with E-state index in [1.165, 1.54) is 0 Å². The highest BCUT2D eigenvalue weighted by Crippen LogP contribution is 2.16. The van der Waals surface area contributed by atoms with E-state index >= 15 is 0 Å². The first-order chi connectivity index (χ1) is 10.0. The molecule has 0 aliphatic carbocycles. The summed E-state index contributed by atoms with van der Waals surface area (Å²) in [5.41, 5.74) is 1.10. The Morgan fingerprint density at radius 2 is 1.71 bits per heavy atom. The van der Waals surface area contributed by atoms with E-state index in [9.17, 15) is 4.79 Å². The molecular weight excluding hydrogens is 268 g/mol. The maximum absolute atomic E-state index is 11.4. The van der Waals surface area contributed by atoms with Crippen LogP contribution in [-0.4, -0.2) is 32.9 Å². The summed E-state index contributed by atoms with van der Waals surface area (Å²) in [5.74, 6) is -0.0871. The Morgan fingerprint density at radius 1 is 1.05 bits per heavy atom. The Hall–Kier alpha value is -1.39. The van der Waals surface area contributed by atoms with E-state index in [0.29, 0.717) is 19.8 Å². The summed E-state index contributed by atoms with van der Waals surface area (Å²) in [6.45, 7) is 7.07. The largest absolute Gasteiger partial charge is 0.465 e. The van der Waals surface area contributed by atoms with Crippen LogP contribution in [0.4, 0.5) is 0 Å². The fraction of sp³-hybridized carbons (Fsp3) is 0.588. The molecule has 1 aromatic rings. The van der Waals surface area contributed by atoms with Crippen molar-refractivity contribution in [1.82, 2.24) is 0 Å². The van der Waals surface area contributed by atoms with Gasteiger partial charge in [0.1, 0.15) is 6.10 Å². The number of hydrogen-bond donors (Lipinski definition) is 0. The SMILES string of the molecule is CO[C@H](COCC(C)COC(=O)C(C)C)c1ccccc1. The van der Waals surface area contributed by atoms with Gasteiger partial charge in [0, 0.05) is 13.0 Å². The molecule has 0 spiro atoms. The van der Waals surface area contributed by atoms with Crippen LogP contribution < -0.4 is 0 Å². The van der Waals surface area contributed by atoms with Crippen molar-refractivity contribution in [2.24, 2.45) is 11.8 Å². The molecule has 0 aliphatic rings. The average Bonchev–Trinajstić information content (AvgIpc) is 2.49. The van der Waals surface area contributed by atoms with Gasteiger partial charge in [-0.05, 0) is 5.56 Å². The van der Waals surface area contributed by atoms with Gasteiger partial charge in [0.2, 0.25) is 0 Å². The van der Waals surface area contributed by atoms with E-state index < -0.39 is 0 Å². The molecule has 1 aromatic carbocycles. The normalized spacial score (nSPS) is 14.0. The Bertz CT molecular complexity index is 403. The van der Waals surface area contributed by atoms with Crippen LogP contribution in [0.1, 0.15) is 32.4 Å². The van der Waals surface area contributed by atoms with Crippen molar-refractivity contribution in [3.05, 3.63) is 35.9 Å². The zero-order valence-electron chi connectivity index (χ0n) is 13.4. The lowest BCUT2D eigenvalue weighted by Crippen LogP contribution is -2.20. The fourth-order valence-electron chi connectivity index (χ4n) is 1.78. The molecule has 0 N–H and O–H groups in total. The Labute approximate surface area is 127 Å². The number of carbonyl (C=O) groups is 1. The third-order valence-electron chi connectivity index (χ3n) is 3.11. The van der Waals surface area contributed by atoms with Crippen LogP contribution in [0.25, 0.3) is 0 Å². The molecule has 21 heavy (non-hydrogen) atoms. The molecule has 1 rings (SSSR count). The molecule has 0 heterocycles. The van der Waals surface area contributed by atoms with Gasteiger partial charge in [-0.1, -0.05) is 51.1 Å². The molecule has 0 saturated heterocycles. The third-order valence-corrected chi connectivity index (χ3v) is 3.11. The third kappa shape index (κ3) is 6.74. The maximum Gasteiger partial charge on any atom is 0.308 e. The molecule has 0 fully saturated rings. The summed E-state index contributed by atoms with van der Waals surface area (Å²) in [6, 6.07) is 9.98. The number of methoxy groups -OCH3 is 1. The minimum atomic E-state index is -0.166. The lowest BCUT2D eigenvalue weighted by Gasteiger charge is -2.18. The minimum Gasteiger partial charge on any atom is -0.465 e. The van der Waals surface area contributed by atoms with Gasteiger partial charge in [-0.2, -0.15) is 0 Å². The smallest absolute Gasteiger partial charge is 0.308 e. The molecule has 0 bridgehead atoms. The first kappa shape index (κ1) is 17.7. The van der Waals surface area contributed by atoms with E-state index in [2.05, 4.69) is 0 Å². The molecule has 0 saturated carbocycles. The standard InChI is InChI=1S/C17H26O4/c1-13(2)17(18)21-11-14(3)10-20-12-16(19-4)15-8-6-5-7-9-15/h5-9,13-14,16H,10-12H2,1-4H3/t14?,16-/m1/s1. The number of rotatable bonds is 9. The molecule has 0 radical (unpaired) electrons.